The zero-order chi connectivity index (χ0) is 13.3. The molecule has 1 amide bonds. The number of hydrogen-bond acceptors (Lipinski definition) is 4. The maximum atomic E-state index is 11.5. The van der Waals surface area contributed by atoms with E-state index in [9.17, 15) is 9.90 Å². The van der Waals surface area contributed by atoms with Crippen molar-refractivity contribution in [3.05, 3.63) is 0 Å². The molecule has 104 valence electrons. The molecule has 0 aromatic heterocycles. The van der Waals surface area contributed by atoms with Gasteiger partial charge in [-0.2, -0.15) is 0 Å². The van der Waals surface area contributed by atoms with Crippen molar-refractivity contribution in [3.8, 4) is 0 Å². The number of aliphatic hydroxyl groups excluding tert-OH is 1. The zero-order valence-corrected chi connectivity index (χ0v) is 11.6. The fourth-order valence-electron chi connectivity index (χ4n) is 3.55. The lowest BCUT2D eigenvalue weighted by Gasteiger charge is -2.37. The van der Waals surface area contributed by atoms with Crippen molar-refractivity contribution in [2.45, 2.75) is 50.8 Å². The quantitative estimate of drug-likeness (QED) is 0.762. The molecule has 3 heterocycles. The van der Waals surface area contributed by atoms with Gasteiger partial charge in [-0.3, -0.25) is 4.90 Å². The number of aliphatic hydroxyl groups is 1. The highest BCUT2D eigenvalue weighted by molar-refractivity contribution is 5.68. The molecule has 0 saturated carbocycles. The maximum Gasteiger partial charge on any atom is 0.409 e. The third kappa shape index (κ3) is 1.89. The van der Waals surface area contributed by atoms with Crippen molar-refractivity contribution in [2.24, 2.45) is 0 Å². The Hall–Kier alpha value is -0.810. The second-order valence-electron chi connectivity index (χ2n) is 5.25. The third-order valence-electron chi connectivity index (χ3n) is 4.38. The normalized spacial score (nSPS) is 38.7. The van der Waals surface area contributed by atoms with Crippen molar-refractivity contribution in [3.63, 3.8) is 0 Å². The Kier molecular flexibility index (Phi) is 3.82. The lowest BCUT2D eigenvalue weighted by atomic mass is 9.94. The molecule has 3 fully saturated rings. The minimum absolute atomic E-state index is 0.0175. The Balaban J connectivity index is 0.000000574. The number of carbonyl (C=O) groups is 1. The minimum atomic E-state index is -0.226. The number of carbonyl (C=O) groups excluding carboxylic acids is 1. The van der Waals surface area contributed by atoms with Gasteiger partial charge in [0.1, 0.15) is 6.10 Å². The summed E-state index contributed by atoms with van der Waals surface area (Å²) >= 11 is 0. The van der Waals surface area contributed by atoms with Crippen molar-refractivity contribution >= 4 is 6.09 Å². The fraction of sp³-hybridized carbons (Fsp3) is 0.923. The number of likely N-dealkylation sites (N-methyl/N-ethyl adjacent to an activating group) is 1. The molecule has 0 aromatic rings. The second-order valence-corrected chi connectivity index (χ2v) is 5.25. The lowest BCUT2D eigenvalue weighted by molar-refractivity contribution is 0.00274. The van der Waals surface area contributed by atoms with Crippen LogP contribution in [0.15, 0.2) is 0 Å². The molecule has 0 aromatic carbocycles. The first-order valence-corrected chi connectivity index (χ1v) is 6.96. The first-order valence-electron chi connectivity index (χ1n) is 6.96. The van der Waals surface area contributed by atoms with Crippen LogP contribution in [0, 0.1) is 0 Å². The van der Waals surface area contributed by atoms with Crippen molar-refractivity contribution < 1.29 is 14.6 Å². The SMILES string of the molecule is CC.CN1CC2[C@@H](CC3(CO)CCCN23)OC1=O. The van der Waals surface area contributed by atoms with E-state index in [1.54, 1.807) is 11.9 Å². The van der Waals surface area contributed by atoms with Crippen LogP contribution in [-0.4, -0.2) is 65.4 Å². The Morgan fingerprint density at radius 2 is 2.22 bits per heavy atom. The van der Waals surface area contributed by atoms with Crippen LogP contribution in [0.4, 0.5) is 4.79 Å². The number of hydrogen-bond donors (Lipinski definition) is 1. The third-order valence-corrected chi connectivity index (χ3v) is 4.38. The summed E-state index contributed by atoms with van der Waals surface area (Å²) in [5.41, 5.74) is -0.110. The first kappa shape index (κ1) is 13.6. The standard InChI is InChI=1S/C11H18N2O3.C2H6/c1-12-6-8-9(16-10(12)15)5-11(7-14)3-2-4-13(8)11;1-2/h8-9,14H,2-7H2,1H3;1-2H3/t8?,9-,11?;/m1./s1. The molecule has 0 spiro atoms. The summed E-state index contributed by atoms with van der Waals surface area (Å²) in [5.74, 6) is 0. The second kappa shape index (κ2) is 5.05. The minimum Gasteiger partial charge on any atom is -0.444 e. The molecule has 0 bridgehead atoms. The van der Waals surface area contributed by atoms with Gasteiger partial charge in [-0.1, -0.05) is 13.8 Å². The summed E-state index contributed by atoms with van der Waals surface area (Å²) in [5, 5.41) is 9.61. The smallest absolute Gasteiger partial charge is 0.409 e. The molecular weight excluding hydrogens is 232 g/mol. The highest BCUT2D eigenvalue weighted by atomic mass is 16.6. The average molecular weight is 256 g/mol. The topological polar surface area (TPSA) is 53.0 Å². The number of amides is 1. The van der Waals surface area contributed by atoms with Gasteiger partial charge in [0.05, 0.1) is 12.6 Å². The molecule has 0 aliphatic carbocycles. The fourth-order valence-corrected chi connectivity index (χ4v) is 3.55. The van der Waals surface area contributed by atoms with Crippen LogP contribution in [0.5, 0.6) is 0 Å². The summed E-state index contributed by atoms with van der Waals surface area (Å²) in [6.07, 6.45) is 2.72. The Bertz CT molecular complexity index is 323. The van der Waals surface area contributed by atoms with Crippen LogP contribution in [0.25, 0.3) is 0 Å². The predicted molar refractivity (Wildman–Crippen MR) is 68.4 cm³/mol. The van der Waals surface area contributed by atoms with Gasteiger partial charge in [-0.05, 0) is 19.4 Å². The first-order chi connectivity index (χ1) is 8.66. The number of fused-ring (bicyclic) bond motifs is 3. The number of ether oxygens (including phenoxy) is 1. The van der Waals surface area contributed by atoms with Crippen molar-refractivity contribution in [2.75, 3.05) is 26.7 Å². The summed E-state index contributed by atoms with van der Waals surface area (Å²) in [7, 11) is 1.77. The molecule has 0 radical (unpaired) electrons. The molecule has 3 rings (SSSR count). The summed E-state index contributed by atoms with van der Waals surface area (Å²) in [4.78, 5) is 15.5. The van der Waals surface area contributed by atoms with Crippen LogP contribution in [0.3, 0.4) is 0 Å². The van der Waals surface area contributed by atoms with Gasteiger partial charge in [0.2, 0.25) is 0 Å². The summed E-state index contributed by atoms with van der Waals surface area (Å²) < 4.78 is 5.42. The van der Waals surface area contributed by atoms with Crippen LogP contribution in [-0.2, 0) is 4.74 Å². The maximum absolute atomic E-state index is 11.5. The molecule has 3 atom stereocenters. The molecular formula is C13H24N2O3. The number of rotatable bonds is 1. The Labute approximate surface area is 109 Å². The van der Waals surface area contributed by atoms with Crippen molar-refractivity contribution in [1.82, 2.24) is 9.80 Å². The summed E-state index contributed by atoms with van der Waals surface area (Å²) in [6, 6.07) is 0.275. The molecule has 3 aliphatic rings. The molecule has 3 aliphatic heterocycles. The van der Waals surface area contributed by atoms with Gasteiger partial charge in [-0.25, -0.2) is 4.79 Å². The largest absolute Gasteiger partial charge is 0.444 e. The van der Waals surface area contributed by atoms with E-state index < -0.39 is 0 Å². The van der Waals surface area contributed by atoms with E-state index in [0.717, 1.165) is 32.4 Å². The van der Waals surface area contributed by atoms with Gasteiger partial charge >= 0.3 is 6.09 Å². The van der Waals surface area contributed by atoms with E-state index in [-0.39, 0.29) is 30.4 Å². The predicted octanol–water partition coefficient (Wildman–Crippen LogP) is 1.06. The molecule has 1 N–H and O–H groups in total. The molecule has 3 saturated heterocycles. The Morgan fingerprint density at radius 1 is 1.50 bits per heavy atom. The molecule has 2 unspecified atom stereocenters. The zero-order valence-electron chi connectivity index (χ0n) is 11.6. The van der Waals surface area contributed by atoms with Gasteiger partial charge in [0.15, 0.2) is 0 Å². The Morgan fingerprint density at radius 3 is 2.89 bits per heavy atom. The van der Waals surface area contributed by atoms with E-state index in [2.05, 4.69) is 4.90 Å². The van der Waals surface area contributed by atoms with Gasteiger partial charge in [-0.15, -0.1) is 0 Å². The highest BCUT2D eigenvalue weighted by Gasteiger charge is 2.56. The molecule has 5 heteroatoms. The van der Waals surface area contributed by atoms with E-state index in [0.29, 0.717) is 0 Å². The monoisotopic (exact) mass is 256 g/mol. The van der Waals surface area contributed by atoms with Crippen LogP contribution >= 0.6 is 0 Å². The van der Waals surface area contributed by atoms with Crippen LogP contribution < -0.4 is 0 Å². The molecule has 5 nitrogen and oxygen atoms in total. The van der Waals surface area contributed by atoms with Gasteiger partial charge in [0.25, 0.3) is 0 Å². The van der Waals surface area contributed by atoms with Crippen LogP contribution in [0.1, 0.15) is 33.1 Å². The van der Waals surface area contributed by atoms with Crippen molar-refractivity contribution in [1.29, 1.82) is 0 Å². The lowest BCUT2D eigenvalue weighted by Crippen LogP contribution is -2.54. The van der Waals surface area contributed by atoms with E-state index in [4.69, 9.17) is 4.74 Å². The van der Waals surface area contributed by atoms with Gasteiger partial charge in [0, 0.05) is 25.6 Å². The van der Waals surface area contributed by atoms with E-state index >= 15 is 0 Å². The van der Waals surface area contributed by atoms with E-state index in [1.165, 1.54) is 0 Å². The van der Waals surface area contributed by atoms with Crippen LogP contribution in [0.2, 0.25) is 0 Å². The average Bonchev–Trinajstić information content (AvgIpc) is 2.90. The highest BCUT2D eigenvalue weighted by Crippen LogP contribution is 2.44. The number of nitrogens with zero attached hydrogens (tertiary/aromatic N) is 2. The van der Waals surface area contributed by atoms with E-state index in [1.807, 2.05) is 13.8 Å². The summed E-state index contributed by atoms with van der Waals surface area (Å²) in [6.45, 7) is 5.93. The molecule has 18 heavy (non-hydrogen) atoms. The van der Waals surface area contributed by atoms with Gasteiger partial charge < -0.3 is 14.7 Å².